The predicted molar refractivity (Wildman–Crippen MR) is 74.1 cm³/mol. The Hall–Kier alpha value is -1.10. The Morgan fingerprint density at radius 1 is 1.19 bits per heavy atom. The molecule has 1 aromatic carbocycles. The quantitative estimate of drug-likeness (QED) is 0.776. The fourth-order valence-electron chi connectivity index (χ4n) is 3.19. The minimum absolute atomic E-state index is 0.00947. The predicted octanol–water partition coefficient (Wildman–Crippen LogP) is 5.06. The standard InChI is InChI=1S/C16H21F4N/c1-2-10-3-5-11(6-4-10)15(21)13-9-12(16(18,19)20)7-8-14(13)17/h7-11,15H,2-6,21H2,1H3. The first-order valence-electron chi connectivity index (χ1n) is 7.45. The highest BCUT2D eigenvalue weighted by Crippen LogP contribution is 2.39. The largest absolute Gasteiger partial charge is 0.416 e. The number of rotatable bonds is 3. The summed E-state index contributed by atoms with van der Waals surface area (Å²) in [6.45, 7) is 2.14. The van der Waals surface area contributed by atoms with Crippen LogP contribution < -0.4 is 5.73 Å². The minimum Gasteiger partial charge on any atom is -0.324 e. The Bertz CT molecular complexity index is 476. The monoisotopic (exact) mass is 303 g/mol. The smallest absolute Gasteiger partial charge is 0.324 e. The molecule has 0 saturated heterocycles. The molecule has 1 atom stereocenters. The Morgan fingerprint density at radius 3 is 2.33 bits per heavy atom. The van der Waals surface area contributed by atoms with Crippen LogP contribution in [0.5, 0.6) is 0 Å². The summed E-state index contributed by atoms with van der Waals surface area (Å²) in [6.07, 6.45) is 0.400. The zero-order chi connectivity index (χ0) is 15.6. The van der Waals surface area contributed by atoms with E-state index in [2.05, 4.69) is 6.92 Å². The molecular weight excluding hydrogens is 282 g/mol. The summed E-state index contributed by atoms with van der Waals surface area (Å²) in [5.41, 5.74) is 5.22. The highest BCUT2D eigenvalue weighted by atomic mass is 19.4. The normalized spacial score (nSPS) is 24.9. The number of hydrogen-bond donors (Lipinski definition) is 1. The van der Waals surface area contributed by atoms with E-state index in [4.69, 9.17) is 5.73 Å². The van der Waals surface area contributed by atoms with Gasteiger partial charge in [-0.1, -0.05) is 26.2 Å². The van der Waals surface area contributed by atoms with E-state index >= 15 is 0 Å². The lowest BCUT2D eigenvalue weighted by molar-refractivity contribution is -0.137. The average Bonchev–Trinajstić information content (AvgIpc) is 2.46. The van der Waals surface area contributed by atoms with Crippen molar-refractivity contribution in [2.45, 2.75) is 51.2 Å². The number of nitrogens with two attached hydrogens (primary N) is 1. The van der Waals surface area contributed by atoms with Gasteiger partial charge >= 0.3 is 6.18 Å². The molecule has 1 fully saturated rings. The van der Waals surface area contributed by atoms with Gasteiger partial charge in [-0.2, -0.15) is 13.2 Å². The van der Waals surface area contributed by atoms with Gasteiger partial charge in [0.15, 0.2) is 0 Å². The van der Waals surface area contributed by atoms with Gasteiger partial charge in [0.1, 0.15) is 5.82 Å². The fourth-order valence-corrected chi connectivity index (χ4v) is 3.19. The zero-order valence-electron chi connectivity index (χ0n) is 12.1. The first-order valence-corrected chi connectivity index (χ1v) is 7.45. The lowest BCUT2D eigenvalue weighted by atomic mass is 9.76. The van der Waals surface area contributed by atoms with Crippen molar-refractivity contribution in [2.75, 3.05) is 0 Å². The van der Waals surface area contributed by atoms with Crippen molar-refractivity contribution in [1.29, 1.82) is 0 Å². The van der Waals surface area contributed by atoms with Crippen LogP contribution in [0.2, 0.25) is 0 Å². The molecule has 0 amide bonds. The third-order valence-corrected chi connectivity index (χ3v) is 4.66. The van der Waals surface area contributed by atoms with Crippen LogP contribution in [-0.2, 0) is 6.18 Å². The molecule has 21 heavy (non-hydrogen) atoms. The molecule has 118 valence electrons. The van der Waals surface area contributed by atoms with E-state index in [1.165, 1.54) is 0 Å². The van der Waals surface area contributed by atoms with Gasteiger partial charge in [-0.05, 0) is 42.9 Å². The van der Waals surface area contributed by atoms with Gasteiger partial charge in [-0.25, -0.2) is 4.39 Å². The fraction of sp³-hybridized carbons (Fsp3) is 0.625. The van der Waals surface area contributed by atoms with Crippen molar-refractivity contribution in [3.05, 3.63) is 35.1 Å². The van der Waals surface area contributed by atoms with E-state index in [9.17, 15) is 17.6 Å². The van der Waals surface area contributed by atoms with E-state index < -0.39 is 23.6 Å². The van der Waals surface area contributed by atoms with Gasteiger partial charge in [0.2, 0.25) is 0 Å². The van der Waals surface area contributed by atoms with Gasteiger partial charge in [0, 0.05) is 11.6 Å². The molecule has 1 aliphatic rings. The van der Waals surface area contributed by atoms with Crippen LogP contribution in [0.3, 0.4) is 0 Å². The molecule has 5 heteroatoms. The van der Waals surface area contributed by atoms with Crippen LogP contribution in [-0.4, -0.2) is 0 Å². The third-order valence-electron chi connectivity index (χ3n) is 4.66. The van der Waals surface area contributed by atoms with E-state index in [1.54, 1.807) is 0 Å². The molecule has 0 aliphatic heterocycles. The molecule has 0 heterocycles. The van der Waals surface area contributed by atoms with Crippen molar-refractivity contribution in [3.8, 4) is 0 Å². The van der Waals surface area contributed by atoms with Crippen LogP contribution in [0.15, 0.2) is 18.2 Å². The topological polar surface area (TPSA) is 26.0 Å². The second kappa shape index (κ2) is 6.34. The summed E-state index contributed by atoms with van der Waals surface area (Å²) >= 11 is 0. The highest BCUT2D eigenvalue weighted by Gasteiger charge is 2.33. The molecule has 1 nitrogen and oxygen atoms in total. The Balaban J connectivity index is 2.17. The lowest BCUT2D eigenvalue weighted by Crippen LogP contribution is -2.27. The summed E-state index contributed by atoms with van der Waals surface area (Å²) in [4.78, 5) is 0. The Kier molecular flexibility index (Phi) is 4.91. The van der Waals surface area contributed by atoms with Gasteiger partial charge in [-0.3, -0.25) is 0 Å². The molecule has 0 aromatic heterocycles. The molecule has 1 aromatic rings. The second-order valence-electron chi connectivity index (χ2n) is 5.95. The molecule has 0 bridgehead atoms. The first-order chi connectivity index (χ1) is 9.82. The van der Waals surface area contributed by atoms with E-state index in [-0.39, 0.29) is 11.5 Å². The van der Waals surface area contributed by atoms with Crippen LogP contribution in [0, 0.1) is 17.7 Å². The van der Waals surface area contributed by atoms with E-state index in [1.807, 2.05) is 0 Å². The molecule has 1 unspecified atom stereocenters. The molecular formula is C16H21F4N. The van der Waals surface area contributed by atoms with Crippen molar-refractivity contribution in [3.63, 3.8) is 0 Å². The van der Waals surface area contributed by atoms with Gasteiger partial charge in [0.05, 0.1) is 5.56 Å². The maximum absolute atomic E-state index is 13.9. The van der Waals surface area contributed by atoms with E-state index in [0.29, 0.717) is 5.92 Å². The average molecular weight is 303 g/mol. The maximum Gasteiger partial charge on any atom is 0.416 e. The van der Waals surface area contributed by atoms with Gasteiger partial charge < -0.3 is 5.73 Å². The summed E-state index contributed by atoms with van der Waals surface area (Å²) in [5.74, 6) is 0.0821. The summed E-state index contributed by atoms with van der Waals surface area (Å²) in [7, 11) is 0. The van der Waals surface area contributed by atoms with Crippen molar-refractivity contribution in [2.24, 2.45) is 17.6 Å². The number of halogens is 4. The Morgan fingerprint density at radius 2 is 1.81 bits per heavy atom. The molecule has 1 aliphatic carbocycles. The van der Waals surface area contributed by atoms with Crippen LogP contribution in [0.1, 0.15) is 56.2 Å². The molecule has 0 radical (unpaired) electrons. The van der Waals surface area contributed by atoms with Crippen molar-refractivity contribution in [1.82, 2.24) is 0 Å². The lowest BCUT2D eigenvalue weighted by Gasteiger charge is -2.32. The minimum atomic E-state index is -4.47. The molecule has 2 rings (SSSR count). The SMILES string of the molecule is CCC1CCC(C(N)c2cc(C(F)(F)F)ccc2F)CC1. The molecule has 1 saturated carbocycles. The second-order valence-corrected chi connectivity index (χ2v) is 5.95. The Labute approximate surface area is 122 Å². The van der Waals surface area contributed by atoms with Crippen molar-refractivity contribution >= 4 is 0 Å². The van der Waals surface area contributed by atoms with Gasteiger partial charge in [0.25, 0.3) is 0 Å². The number of benzene rings is 1. The molecule has 2 N–H and O–H groups in total. The van der Waals surface area contributed by atoms with Gasteiger partial charge in [-0.15, -0.1) is 0 Å². The molecule has 0 spiro atoms. The zero-order valence-corrected chi connectivity index (χ0v) is 12.1. The van der Waals surface area contributed by atoms with Crippen molar-refractivity contribution < 1.29 is 17.6 Å². The van der Waals surface area contributed by atoms with Crippen LogP contribution >= 0.6 is 0 Å². The third kappa shape index (κ3) is 3.76. The number of hydrogen-bond acceptors (Lipinski definition) is 1. The van der Waals surface area contributed by atoms with E-state index in [0.717, 1.165) is 50.3 Å². The first kappa shape index (κ1) is 16.3. The summed E-state index contributed by atoms with van der Waals surface area (Å²) in [6, 6.07) is 1.84. The van der Waals surface area contributed by atoms with Crippen LogP contribution in [0.4, 0.5) is 17.6 Å². The maximum atomic E-state index is 13.9. The summed E-state index contributed by atoms with van der Waals surface area (Å²) in [5, 5.41) is 0. The van der Waals surface area contributed by atoms with Crippen LogP contribution in [0.25, 0.3) is 0 Å². The summed E-state index contributed by atoms with van der Waals surface area (Å²) < 4.78 is 52.1. The highest BCUT2D eigenvalue weighted by molar-refractivity contribution is 5.29. The number of alkyl halides is 3.